The second-order valence-electron chi connectivity index (χ2n) is 5.40. The lowest BCUT2D eigenvalue weighted by atomic mass is 9.85. The fourth-order valence-corrected chi connectivity index (χ4v) is 1.60. The van der Waals surface area contributed by atoms with Crippen LogP contribution in [0.2, 0.25) is 0 Å². The van der Waals surface area contributed by atoms with Crippen LogP contribution in [-0.2, 0) is 9.47 Å². The highest BCUT2D eigenvalue weighted by molar-refractivity contribution is 4.99. The zero-order valence-corrected chi connectivity index (χ0v) is 10.2. The fraction of sp³-hybridized carbons (Fsp3) is 1.00. The molecule has 0 N–H and O–H groups in total. The highest BCUT2D eigenvalue weighted by atomic mass is 16.6. The van der Waals surface area contributed by atoms with Gasteiger partial charge in [0.2, 0.25) is 0 Å². The van der Waals surface area contributed by atoms with E-state index in [1.54, 1.807) is 0 Å². The van der Waals surface area contributed by atoms with Gasteiger partial charge in [0, 0.05) is 4.91 Å². The molecule has 1 heterocycles. The maximum absolute atomic E-state index is 8.47. The molecule has 15 heavy (non-hydrogen) atoms. The fourth-order valence-electron chi connectivity index (χ4n) is 1.60. The van der Waals surface area contributed by atoms with Gasteiger partial charge in [-0.15, -0.1) is 0 Å². The van der Waals surface area contributed by atoms with Gasteiger partial charge in [-0.05, 0) is 47.1 Å². The molecular weight excluding hydrogens is 194 g/mol. The van der Waals surface area contributed by atoms with Gasteiger partial charge in [0.25, 0.3) is 0 Å². The third-order valence-electron chi connectivity index (χ3n) is 3.13. The van der Waals surface area contributed by atoms with Crippen molar-refractivity contribution in [1.82, 2.24) is 0 Å². The summed E-state index contributed by atoms with van der Waals surface area (Å²) in [5.74, 6) is 0. The summed E-state index contributed by atoms with van der Waals surface area (Å²) in [7, 11) is 0. The second-order valence-corrected chi connectivity index (χ2v) is 5.40. The first-order valence-electron chi connectivity index (χ1n) is 5.04. The molecule has 1 fully saturated rings. The SMILES string of the molecule is CC1(C)OC(C)(C)C(C)(C)OC1N=[N+]=[N-]. The Morgan fingerprint density at radius 2 is 1.60 bits per heavy atom. The number of rotatable bonds is 1. The maximum Gasteiger partial charge on any atom is 0.165 e. The van der Waals surface area contributed by atoms with Gasteiger partial charge in [0.05, 0.1) is 16.8 Å². The molecule has 0 aromatic rings. The molecular formula is C10H19N3O2. The number of nitrogens with zero attached hydrogens (tertiary/aromatic N) is 3. The Labute approximate surface area is 90.4 Å². The summed E-state index contributed by atoms with van der Waals surface area (Å²) in [4.78, 5) is 2.79. The van der Waals surface area contributed by atoms with Crippen molar-refractivity contribution in [2.45, 2.75) is 64.6 Å². The second kappa shape index (κ2) is 3.37. The molecule has 86 valence electrons. The molecule has 1 unspecified atom stereocenters. The Bertz CT molecular complexity index is 304. The smallest absolute Gasteiger partial charge is 0.165 e. The van der Waals surface area contributed by atoms with Gasteiger partial charge < -0.3 is 9.47 Å². The van der Waals surface area contributed by atoms with Crippen molar-refractivity contribution in [3.05, 3.63) is 10.4 Å². The minimum Gasteiger partial charge on any atom is -0.364 e. The van der Waals surface area contributed by atoms with Gasteiger partial charge in [-0.25, -0.2) is 0 Å². The normalized spacial score (nSPS) is 31.7. The Balaban J connectivity index is 3.04. The standard InChI is InChI=1S/C10H19N3O2/c1-8(2)7(12-13-11)14-9(3,4)10(5,6)15-8/h7H,1-6H3. The Morgan fingerprint density at radius 3 is 2.07 bits per heavy atom. The number of hydrogen-bond acceptors (Lipinski definition) is 3. The van der Waals surface area contributed by atoms with Crippen LogP contribution in [0.3, 0.4) is 0 Å². The summed E-state index contributed by atoms with van der Waals surface area (Å²) in [6.07, 6.45) is -0.592. The Morgan fingerprint density at radius 1 is 1.07 bits per heavy atom. The van der Waals surface area contributed by atoms with E-state index in [9.17, 15) is 0 Å². The Kier molecular flexibility index (Phi) is 2.76. The molecule has 1 rings (SSSR count). The molecule has 0 amide bonds. The molecule has 0 aromatic heterocycles. The van der Waals surface area contributed by atoms with E-state index in [1.165, 1.54) is 0 Å². The first-order valence-corrected chi connectivity index (χ1v) is 5.04. The van der Waals surface area contributed by atoms with Crippen LogP contribution in [0, 0.1) is 0 Å². The molecule has 0 aromatic carbocycles. The zero-order chi connectivity index (χ0) is 11.9. The third-order valence-corrected chi connectivity index (χ3v) is 3.13. The van der Waals surface area contributed by atoms with Crippen LogP contribution in [0.1, 0.15) is 41.5 Å². The van der Waals surface area contributed by atoms with E-state index < -0.39 is 23.0 Å². The van der Waals surface area contributed by atoms with Gasteiger partial charge in [0.1, 0.15) is 0 Å². The van der Waals surface area contributed by atoms with Crippen LogP contribution in [-0.4, -0.2) is 23.0 Å². The van der Waals surface area contributed by atoms with E-state index in [2.05, 4.69) is 10.0 Å². The zero-order valence-electron chi connectivity index (χ0n) is 10.2. The summed E-state index contributed by atoms with van der Waals surface area (Å²) in [6, 6.07) is 0. The van der Waals surface area contributed by atoms with Gasteiger partial charge in [-0.3, -0.25) is 0 Å². The van der Waals surface area contributed by atoms with E-state index in [4.69, 9.17) is 15.0 Å². The summed E-state index contributed by atoms with van der Waals surface area (Å²) in [6.45, 7) is 11.5. The Hall–Kier alpha value is -0.770. The summed E-state index contributed by atoms with van der Waals surface area (Å²) in [5, 5.41) is 3.63. The van der Waals surface area contributed by atoms with Crippen molar-refractivity contribution in [1.29, 1.82) is 0 Å². The van der Waals surface area contributed by atoms with Crippen molar-refractivity contribution in [2.24, 2.45) is 5.11 Å². The van der Waals surface area contributed by atoms with Crippen LogP contribution in [0.5, 0.6) is 0 Å². The first kappa shape index (κ1) is 12.3. The van der Waals surface area contributed by atoms with E-state index in [0.29, 0.717) is 0 Å². The summed E-state index contributed by atoms with van der Waals surface area (Å²) >= 11 is 0. The monoisotopic (exact) mass is 213 g/mol. The van der Waals surface area contributed by atoms with E-state index in [1.807, 2.05) is 41.5 Å². The number of hydrogen-bond donors (Lipinski definition) is 0. The first-order chi connectivity index (χ1) is 6.62. The summed E-state index contributed by atoms with van der Waals surface area (Å²) < 4.78 is 11.8. The number of azide groups is 1. The minimum atomic E-state index is -0.606. The van der Waals surface area contributed by atoms with E-state index in [0.717, 1.165) is 0 Å². The average Bonchev–Trinajstić information content (AvgIpc) is 1.98. The lowest BCUT2D eigenvalue weighted by Gasteiger charge is -2.54. The molecule has 0 bridgehead atoms. The molecule has 5 heteroatoms. The molecule has 1 atom stereocenters. The lowest BCUT2D eigenvalue weighted by Crippen LogP contribution is -2.63. The number of ether oxygens (including phenoxy) is 2. The highest BCUT2D eigenvalue weighted by Gasteiger charge is 2.52. The average molecular weight is 213 g/mol. The van der Waals surface area contributed by atoms with Crippen LogP contribution in [0.25, 0.3) is 10.4 Å². The van der Waals surface area contributed by atoms with Gasteiger partial charge >= 0.3 is 0 Å². The largest absolute Gasteiger partial charge is 0.364 e. The molecule has 1 aliphatic rings. The van der Waals surface area contributed by atoms with Gasteiger partial charge in [-0.2, -0.15) is 0 Å². The van der Waals surface area contributed by atoms with Crippen LogP contribution in [0.15, 0.2) is 5.11 Å². The molecule has 5 nitrogen and oxygen atoms in total. The van der Waals surface area contributed by atoms with Crippen molar-refractivity contribution < 1.29 is 9.47 Å². The molecule has 0 saturated carbocycles. The van der Waals surface area contributed by atoms with Crippen LogP contribution >= 0.6 is 0 Å². The summed E-state index contributed by atoms with van der Waals surface area (Å²) in [5.41, 5.74) is 6.96. The lowest BCUT2D eigenvalue weighted by molar-refractivity contribution is -0.323. The van der Waals surface area contributed by atoms with Crippen molar-refractivity contribution in [3.8, 4) is 0 Å². The third kappa shape index (κ3) is 2.09. The highest BCUT2D eigenvalue weighted by Crippen LogP contribution is 2.42. The molecule has 0 aliphatic carbocycles. The van der Waals surface area contributed by atoms with Crippen molar-refractivity contribution in [3.63, 3.8) is 0 Å². The van der Waals surface area contributed by atoms with E-state index >= 15 is 0 Å². The van der Waals surface area contributed by atoms with E-state index in [-0.39, 0.29) is 0 Å². The molecule has 0 radical (unpaired) electrons. The van der Waals surface area contributed by atoms with Crippen molar-refractivity contribution in [2.75, 3.05) is 0 Å². The molecule has 1 saturated heterocycles. The topological polar surface area (TPSA) is 67.2 Å². The predicted molar refractivity (Wildman–Crippen MR) is 57.3 cm³/mol. The molecule has 1 aliphatic heterocycles. The minimum absolute atomic E-state index is 0.419. The quantitative estimate of drug-likeness (QED) is 0.381. The molecule has 0 spiro atoms. The van der Waals surface area contributed by atoms with Gasteiger partial charge in [0.15, 0.2) is 6.23 Å². The van der Waals surface area contributed by atoms with Crippen molar-refractivity contribution >= 4 is 0 Å². The predicted octanol–water partition coefficient (Wildman–Crippen LogP) is 3.01. The maximum atomic E-state index is 8.47. The van der Waals surface area contributed by atoms with Crippen LogP contribution < -0.4 is 0 Å². The van der Waals surface area contributed by atoms with Crippen LogP contribution in [0.4, 0.5) is 0 Å². The van der Waals surface area contributed by atoms with Gasteiger partial charge in [-0.1, -0.05) is 5.11 Å².